The number of fused-ring (bicyclic) bond motifs is 2. The largest absolute Gasteiger partial charge is 0.390 e. The van der Waals surface area contributed by atoms with Gasteiger partial charge in [0.1, 0.15) is 5.69 Å². The van der Waals surface area contributed by atoms with E-state index >= 15 is 0 Å². The van der Waals surface area contributed by atoms with Crippen molar-refractivity contribution >= 4 is 32.6 Å². The Morgan fingerprint density at radius 3 is 2.88 bits per heavy atom. The zero-order valence-electron chi connectivity index (χ0n) is 18.6. The van der Waals surface area contributed by atoms with Crippen LogP contribution < -0.4 is 10.9 Å². The molecule has 1 amide bonds. The van der Waals surface area contributed by atoms with Gasteiger partial charge in [0.05, 0.1) is 34.5 Å². The van der Waals surface area contributed by atoms with Crippen LogP contribution in [-0.4, -0.2) is 55.9 Å². The van der Waals surface area contributed by atoms with Gasteiger partial charge in [-0.1, -0.05) is 11.3 Å². The number of piperidine rings is 1. The molecule has 2 aliphatic rings. The fraction of sp³-hybridized carbons (Fsp3) is 0.478. The second kappa shape index (κ2) is 8.79. The number of aliphatic hydroxyl groups excluding tert-OH is 1. The van der Waals surface area contributed by atoms with Gasteiger partial charge in [-0.3, -0.25) is 14.5 Å². The molecule has 3 aromatic rings. The van der Waals surface area contributed by atoms with E-state index in [9.17, 15) is 23.5 Å². The molecule has 2 aromatic heterocycles. The van der Waals surface area contributed by atoms with Gasteiger partial charge >= 0.3 is 0 Å². The smallest absolute Gasteiger partial charge is 0.272 e. The van der Waals surface area contributed by atoms with Gasteiger partial charge < -0.3 is 15.4 Å². The highest BCUT2D eigenvalue weighted by Gasteiger charge is 2.47. The van der Waals surface area contributed by atoms with Crippen LogP contribution in [0.25, 0.3) is 10.2 Å². The van der Waals surface area contributed by atoms with Crippen molar-refractivity contribution < 1.29 is 18.7 Å². The summed E-state index contributed by atoms with van der Waals surface area (Å²) in [5.74, 6) is -4.69. The normalized spacial score (nSPS) is 20.9. The first kappa shape index (κ1) is 23.0. The van der Waals surface area contributed by atoms with Gasteiger partial charge in [-0.15, -0.1) is 0 Å². The average Bonchev–Trinajstić information content (AvgIpc) is 3.42. The van der Waals surface area contributed by atoms with Crippen molar-refractivity contribution in [1.82, 2.24) is 19.9 Å². The first-order chi connectivity index (χ1) is 16.2. The zero-order valence-corrected chi connectivity index (χ0v) is 19.4. The summed E-state index contributed by atoms with van der Waals surface area (Å²) >= 11 is 1.41. The quantitative estimate of drug-likeness (QED) is 0.508. The lowest BCUT2D eigenvalue weighted by Crippen LogP contribution is -2.52. The lowest BCUT2D eigenvalue weighted by Gasteiger charge is -2.40. The summed E-state index contributed by atoms with van der Waals surface area (Å²) in [5, 5.41) is 12.6. The number of alkyl halides is 2. The maximum atomic E-state index is 14.8. The van der Waals surface area contributed by atoms with E-state index in [1.54, 1.807) is 11.8 Å². The number of thiazole rings is 1. The average molecular weight is 490 g/mol. The molecule has 8 nitrogen and oxygen atoms in total. The summed E-state index contributed by atoms with van der Waals surface area (Å²) < 4.78 is 30.5. The number of hydrogen-bond donors (Lipinski definition) is 3. The Labute approximate surface area is 198 Å². The standard InChI is InChI=1S/C23H25F2N5O3S/c1-12(20(32)29-22-28-16-7-13-3-2-4-14(13)8-19(16)34-22)30-6-5-23(24,25)15(10-30)17-9-26-21(33)18(11-31)27-17/h7-9,12,15,31H,2-6,10-11H2,1H3,(H,26,33)(H,28,29,32)/t12-,15-/m0/s1. The van der Waals surface area contributed by atoms with Crippen LogP contribution in [0.5, 0.6) is 0 Å². The third kappa shape index (κ3) is 4.23. The molecule has 34 heavy (non-hydrogen) atoms. The first-order valence-corrected chi connectivity index (χ1v) is 12.1. The van der Waals surface area contributed by atoms with E-state index in [0.717, 1.165) is 35.7 Å². The monoisotopic (exact) mass is 489 g/mol. The molecule has 1 fully saturated rings. The van der Waals surface area contributed by atoms with Crippen LogP contribution in [0.4, 0.5) is 13.9 Å². The molecule has 1 aliphatic heterocycles. The van der Waals surface area contributed by atoms with Crippen LogP contribution in [0.1, 0.15) is 48.2 Å². The number of halogens is 2. The zero-order chi connectivity index (χ0) is 24.0. The Kier molecular flexibility index (Phi) is 5.95. The number of aryl methyl sites for hydroxylation is 2. The van der Waals surface area contributed by atoms with E-state index in [-0.39, 0.29) is 30.4 Å². The van der Waals surface area contributed by atoms with Crippen LogP contribution in [0.3, 0.4) is 0 Å². The number of aliphatic hydroxyl groups is 1. The minimum absolute atomic E-state index is 0.00909. The minimum atomic E-state index is -3.06. The first-order valence-electron chi connectivity index (χ1n) is 11.3. The van der Waals surface area contributed by atoms with Crippen LogP contribution in [0.2, 0.25) is 0 Å². The summed E-state index contributed by atoms with van der Waals surface area (Å²) in [5.41, 5.74) is 2.67. The topological polar surface area (TPSA) is 111 Å². The Morgan fingerprint density at radius 2 is 2.12 bits per heavy atom. The highest BCUT2D eigenvalue weighted by Crippen LogP contribution is 2.40. The number of rotatable bonds is 5. The predicted molar refractivity (Wildman–Crippen MR) is 124 cm³/mol. The molecule has 1 aliphatic carbocycles. The molecule has 0 saturated carbocycles. The Bertz CT molecular complexity index is 1270. The predicted octanol–water partition coefficient (Wildman–Crippen LogP) is 2.81. The molecule has 1 aromatic carbocycles. The van der Waals surface area contributed by atoms with Gasteiger partial charge in [0.25, 0.3) is 11.5 Å². The number of H-pyrrole nitrogens is 1. The van der Waals surface area contributed by atoms with E-state index < -0.39 is 36.5 Å². The van der Waals surface area contributed by atoms with E-state index in [4.69, 9.17) is 0 Å². The van der Waals surface area contributed by atoms with Crippen LogP contribution in [0.15, 0.2) is 23.1 Å². The van der Waals surface area contributed by atoms with Crippen molar-refractivity contribution in [3.05, 3.63) is 51.2 Å². The Morgan fingerprint density at radius 1 is 1.35 bits per heavy atom. The van der Waals surface area contributed by atoms with Crippen molar-refractivity contribution in [1.29, 1.82) is 0 Å². The number of amides is 1. The highest BCUT2D eigenvalue weighted by atomic mass is 32.1. The van der Waals surface area contributed by atoms with Crippen LogP contribution >= 0.6 is 11.3 Å². The number of hydrogen-bond acceptors (Lipinski definition) is 7. The maximum absolute atomic E-state index is 14.8. The second-order valence-corrected chi connectivity index (χ2v) is 9.97. The number of carbonyl (C=O) groups is 1. The minimum Gasteiger partial charge on any atom is -0.390 e. The molecule has 0 spiro atoms. The molecule has 3 N–H and O–H groups in total. The number of nitrogens with one attached hydrogen (secondary N) is 2. The number of carbonyl (C=O) groups excluding carboxylic acids is 1. The lowest BCUT2D eigenvalue weighted by molar-refractivity contribution is -0.125. The van der Waals surface area contributed by atoms with Crippen molar-refractivity contribution in [2.24, 2.45) is 0 Å². The number of aromatic amines is 1. The summed E-state index contributed by atoms with van der Waals surface area (Å²) in [6, 6.07) is 3.56. The molecular formula is C23H25F2N5O3S. The number of likely N-dealkylation sites (tertiary alicyclic amines) is 1. The fourth-order valence-electron chi connectivity index (χ4n) is 4.76. The van der Waals surface area contributed by atoms with Crippen molar-refractivity contribution in [3.8, 4) is 0 Å². The highest BCUT2D eigenvalue weighted by molar-refractivity contribution is 7.22. The lowest BCUT2D eigenvalue weighted by atomic mass is 9.89. The fourth-order valence-corrected chi connectivity index (χ4v) is 5.67. The summed E-state index contributed by atoms with van der Waals surface area (Å²) in [7, 11) is 0. The third-order valence-electron chi connectivity index (χ3n) is 6.80. The molecule has 5 rings (SSSR count). The van der Waals surface area contributed by atoms with Crippen LogP contribution in [-0.2, 0) is 24.2 Å². The van der Waals surface area contributed by atoms with Crippen LogP contribution in [0, 0.1) is 0 Å². The molecule has 3 heterocycles. The SMILES string of the molecule is C[C@@H](C(=O)Nc1nc2cc3c(cc2s1)CCC3)N1CCC(F)(F)[C@H](c2c[nH]c(=O)c(CO)n2)C1. The van der Waals surface area contributed by atoms with Gasteiger partial charge in [0.15, 0.2) is 5.13 Å². The molecule has 0 unspecified atom stereocenters. The second-order valence-electron chi connectivity index (χ2n) is 8.94. The summed E-state index contributed by atoms with van der Waals surface area (Å²) in [6.45, 7) is 0.964. The van der Waals surface area contributed by atoms with E-state index in [2.05, 4.69) is 32.4 Å². The molecule has 0 bridgehead atoms. The van der Waals surface area contributed by atoms with Crippen molar-refractivity contribution in [3.63, 3.8) is 0 Å². The van der Waals surface area contributed by atoms with Crippen molar-refractivity contribution in [2.75, 3.05) is 18.4 Å². The molecule has 0 radical (unpaired) electrons. The molecule has 2 atom stereocenters. The number of nitrogens with zero attached hydrogens (tertiary/aromatic N) is 3. The third-order valence-corrected chi connectivity index (χ3v) is 7.74. The molecular weight excluding hydrogens is 464 g/mol. The van der Waals surface area contributed by atoms with Gasteiger partial charge in [-0.25, -0.2) is 18.7 Å². The van der Waals surface area contributed by atoms with Crippen molar-refractivity contribution in [2.45, 2.75) is 57.1 Å². The number of anilines is 1. The summed E-state index contributed by atoms with van der Waals surface area (Å²) in [4.78, 5) is 37.2. The van der Waals surface area contributed by atoms with Gasteiger partial charge in [0, 0.05) is 25.7 Å². The van der Waals surface area contributed by atoms with E-state index in [0.29, 0.717) is 5.13 Å². The van der Waals surface area contributed by atoms with Gasteiger partial charge in [-0.2, -0.15) is 0 Å². The maximum Gasteiger partial charge on any atom is 0.272 e. The molecule has 180 valence electrons. The van der Waals surface area contributed by atoms with Gasteiger partial charge in [0.2, 0.25) is 5.91 Å². The molecule has 1 saturated heterocycles. The summed E-state index contributed by atoms with van der Waals surface area (Å²) in [6.07, 6.45) is 3.97. The van der Waals surface area contributed by atoms with E-state index in [1.807, 2.05) is 0 Å². The number of aromatic nitrogens is 3. The number of benzene rings is 1. The van der Waals surface area contributed by atoms with E-state index in [1.165, 1.54) is 22.5 Å². The Hall–Kier alpha value is -2.76. The van der Waals surface area contributed by atoms with Gasteiger partial charge in [-0.05, 0) is 49.4 Å². The Balaban J connectivity index is 1.32. The molecule has 11 heteroatoms.